The van der Waals surface area contributed by atoms with E-state index in [2.05, 4.69) is 26.2 Å². The number of aromatic nitrogens is 1. The highest BCUT2D eigenvalue weighted by atomic mass is 79.9. The lowest BCUT2D eigenvalue weighted by Gasteiger charge is -2.07. The molecule has 0 atom stereocenters. The SMILES string of the molecule is Cc1cnc(CNC(=O)c2cccc(Br)c2N)s1. The van der Waals surface area contributed by atoms with E-state index in [-0.39, 0.29) is 5.91 Å². The number of benzene rings is 1. The molecule has 0 saturated heterocycles. The van der Waals surface area contributed by atoms with Gasteiger partial charge in [0.15, 0.2) is 0 Å². The van der Waals surface area contributed by atoms with Gasteiger partial charge in [0.1, 0.15) is 5.01 Å². The van der Waals surface area contributed by atoms with E-state index in [4.69, 9.17) is 5.73 Å². The first-order chi connectivity index (χ1) is 8.58. The molecule has 0 aliphatic carbocycles. The smallest absolute Gasteiger partial charge is 0.253 e. The van der Waals surface area contributed by atoms with Crippen LogP contribution >= 0.6 is 27.3 Å². The first kappa shape index (κ1) is 13.0. The van der Waals surface area contributed by atoms with Gasteiger partial charge in [-0.05, 0) is 35.0 Å². The lowest BCUT2D eigenvalue weighted by molar-refractivity contribution is 0.0951. The summed E-state index contributed by atoms with van der Waals surface area (Å²) < 4.78 is 0.722. The summed E-state index contributed by atoms with van der Waals surface area (Å²) in [7, 11) is 0. The Bertz CT molecular complexity index is 582. The molecule has 1 aromatic carbocycles. The third kappa shape index (κ3) is 2.88. The Morgan fingerprint density at radius 1 is 1.56 bits per heavy atom. The van der Waals surface area contributed by atoms with Crippen molar-refractivity contribution in [1.29, 1.82) is 0 Å². The van der Waals surface area contributed by atoms with Crippen LogP contribution in [0.1, 0.15) is 20.2 Å². The van der Waals surface area contributed by atoms with Crippen molar-refractivity contribution in [3.05, 3.63) is 44.3 Å². The minimum Gasteiger partial charge on any atom is -0.397 e. The number of anilines is 1. The molecule has 6 heteroatoms. The van der Waals surface area contributed by atoms with Crippen molar-refractivity contribution < 1.29 is 4.79 Å². The number of halogens is 1. The van der Waals surface area contributed by atoms with Gasteiger partial charge in [-0.25, -0.2) is 4.98 Å². The Balaban J connectivity index is 2.06. The number of amides is 1. The van der Waals surface area contributed by atoms with Crippen molar-refractivity contribution in [3.63, 3.8) is 0 Å². The molecule has 3 N–H and O–H groups in total. The van der Waals surface area contributed by atoms with Crippen molar-refractivity contribution in [2.75, 3.05) is 5.73 Å². The number of nitrogens with two attached hydrogens (primary N) is 1. The lowest BCUT2D eigenvalue weighted by Crippen LogP contribution is -2.23. The number of hydrogen-bond donors (Lipinski definition) is 2. The molecular formula is C12H12BrN3OS. The molecule has 0 radical (unpaired) electrons. The molecule has 0 unspecified atom stereocenters. The van der Waals surface area contributed by atoms with E-state index in [0.29, 0.717) is 17.8 Å². The lowest BCUT2D eigenvalue weighted by atomic mass is 10.1. The zero-order valence-corrected chi connectivity index (χ0v) is 12.1. The zero-order valence-electron chi connectivity index (χ0n) is 9.74. The van der Waals surface area contributed by atoms with E-state index in [9.17, 15) is 4.79 Å². The number of thiazole rings is 1. The molecule has 1 amide bonds. The van der Waals surface area contributed by atoms with Gasteiger partial charge in [0.25, 0.3) is 5.91 Å². The number of carbonyl (C=O) groups excluding carboxylic acids is 1. The normalized spacial score (nSPS) is 10.3. The maximum absolute atomic E-state index is 12.0. The van der Waals surface area contributed by atoms with Crippen LogP contribution in [0.5, 0.6) is 0 Å². The summed E-state index contributed by atoms with van der Waals surface area (Å²) >= 11 is 4.86. The highest BCUT2D eigenvalue weighted by molar-refractivity contribution is 9.10. The largest absolute Gasteiger partial charge is 0.397 e. The quantitative estimate of drug-likeness (QED) is 0.852. The second-order valence-electron chi connectivity index (χ2n) is 3.75. The Labute approximate surface area is 117 Å². The molecule has 2 rings (SSSR count). The van der Waals surface area contributed by atoms with Crippen LogP contribution in [0.2, 0.25) is 0 Å². The topological polar surface area (TPSA) is 68.0 Å². The molecule has 0 bridgehead atoms. The maximum Gasteiger partial charge on any atom is 0.253 e. The maximum atomic E-state index is 12.0. The highest BCUT2D eigenvalue weighted by Crippen LogP contribution is 2.23. The summed E-state index contributed by atoms with van der Waals surface area (Å²) in [4.78, 5) is 17.3. The van der Waals surface area contributed by atoms with Gasteiger partial charge < -0.3 is 11.1 Å². The summed E-state index contributed by atoms with van der Waals surface area (Å²) in [6.07, 6.45) is 1.79. The van der Waals surface area contributed by atoms with Crippen molar-refractivity contribution in [1.82, 2.24) is 10.3 Å². The van der Waals surface area contributed by atoms with Gasteiger partial charge >= 0.3 is 0 Å². The van der Waals surface area contributed by atoms with Crippen LogP contribution in [0.3, 0.4) is 0 Å². The first-order valence-corrected chi connectivity index (χ1v) is 6.92. The van der Waals surface area contributed by atoms with Gasteiger partial charge in [-0.15, -0.1) is 11.3 Å². The van der Waals surface area contributed by atoms with Gasteiger partial charge in [-0.2, -0.15) is 0 Å². The number of para-hydroxylation sites is 1. The molecule has 0 aliphatic heterocycles. The number of carbonyl (C=O) groups is 1. The van der Waals surface area contributed by atoms with Crippen molar-refractivity contribution in [3.8, 4) is 0 Å². The number of nitrogens with zero attached hydrogens (tertiary/aromatic N) is 1. The van der Waals surface area contributed by atoms with Gasteiger partial charge in [-0.1, -0.05) is 6.07 Å². The number of nitrogen functional groups attached to an aromatic ring is 1. The second kappa shape index (κ2) is 5.49. The van der Waals surface area contributed by atoms with Crippen molar-refractivity contribution in [2.45, 2.75) is 13.5 Å². The zero-order chi connectivity index (χ0) is 13.1. The number of hydrogen-bond acceptors (Lipinski definition) is 4. The monoisotopic (exact) mass is 325 g/mol. The molecule has 4 nitrogen and oxygen atoms in total. The molecule has 0 saturated carbocycles. The number of rotatable bonds is 3. The molecule has 2 aromatic rings. The predicted octanol–water partition coefficient (Wildman–Crippen LogP) is 2.73. The fourth-order valence-corrected chi connectivity index (χ4v) is 2.56. The van der Waals surface area contributed by atoms with E-state index >= 15 is 0 Å². The molecule has 18 heavy (non-hydrogen) atoms. The summed E-state index contributed by atoms with van der Waals surface area (Å²) in [5.74, 6) is -0.193. The first-order valence-electron chi connectivity index (χ1n) is 5.31. The molecule has 94 valence electrons. The van der Waals surface area contributed by atoms with Gasteiger partial charge in [0.05, 0.1) is 17.8 Å². The third-order valence-corrected chi connectivity index (χ3v) is 3.97. The molecule has 1 aromatic heterocycles. The fraction of sp³-hybridized carbons (Fsp3) is 0.167. The Hall–Kier alpha value is -1.40. The van der Waals surface area contributed by atoms with Gasteiger partial charge in [0, 0.05) is 15.5 Å². The van der Waals surface area contributed by atoms with Crippen molar-refractivity contribution in [2.24, 2.45) is 0 Å². The summed E-state index contributed by atoms with van der Waals surface area (Å²) in [5, 5.41) is 3.69. The minimum atomic E-state index is -0.193. The molecule has 0 fully saturated rings. The second-order valence-corrected chi connectivity index (χ2v) is 5.92. The molecule has 0 spiro atoms. The summed E-state index contributed by atoms with van der Waals surface area (Å²) in [6.45, 7) is 2.40. The van der Waals surface area contributed by atoms with Crippen LogP contribution in [-0.2, 0) is 6.54 Å². The van der Waals surface area contributed by atoms with Crippen LogP contribution in [0.4, 0.5) is 5.69 Å². The third-order valence-electron chi connectivity index (χ3n) is 2.37. The molecule has 0 aliphatic rings. The van der Waals surface area contributed by atoms with E-state index in [1.165, 1.54) is 0 Å². The highest BCUT2D eigenvalue weighted by Gasteiger charge is 2.11. The average molecular weight is 326 g/mol. The van der Waals surface area contributed by atoms with Crippen LogP contribution in [0, 0.1) is 6.92 Å². The Morgan fingerprint density at radius 3 is 3.00 bits per heavy atom. The Kier molecular flexibility index (Phi) is 3.98. The van der Waals surface area contributed by atoms with Crippen molar-refractivity contribution >= 4 is 38.9 Å². The van der Waals surface area contributed by atoms with E-state index < -0.39 is 0 Å². The molecule has 1 heterocycles. The average Bonchev–Trinajstić information content (AvgIpc) is 2.76. The Morgan fingerprint density at radius 2 is 2.33 bits per heavy atom. The van der Waals surface area contributed by atoms with Crippen LogP contribution in [0.25, 0.3) is 0 Å². The van der Waals surface area contributed by atoms with Crippen LogP contribution in [-0.4, -0.2) is 10.9 Å². The molecular weight excluding hydrogens is 314 g/mol. The number of aryl methyl sites for hydroxylation is 1. The standard InChI is InChI=1S/C12H12BrN3OS/c1-7-5-15-10(18-7)6-16-12(17)8-3-2-4-9(13)11(8)14/h2-5H,6,14H2,1H3,(H,16,17). The fourth-order valence-electron chi connectivity index (χ4n) is 1.47. The van der Waals surface area contributed by atoms with Gasteiger partial charge in [-0.3, -0.25) is 4.79 Å². The van der Waals surface area contributed by atoms with E-state index in [1.54, 1.807) is 35.7 Å². The number of nitrogens with one attached hydrogen (secondary N) is 1. The van der Waals surface area contributed by atoms with Crippen LogP contribution in [0.15, 0.2) is 28.9 Å². The predicted molar refractivity (Wildman–Crippen MR) is 76.6 cm³/mol. The minimum absolute atomic E-state index is 0.193. The summed E-state index contributed by atoms with van der Waals surface area (Å²) in [6, 6.07) is 5.28. The van der Waals surface area contributed by atoms with Gasteiger partial charge in [0.2, 0.25) is 0 Å². The summed E-state index contributed by atoms with van der Waals surface area (Å²) in [5.41, 5.74) is 6.76. The van der Waals surface area contributed by atoms with E-state index in [0.717, 1.165) is 14.4 Å². The van der Waals surface area contributed by atoms with Crippen LogP contribution < -0.4 is 11.1 Å². The van der Waals surface area contributed by atoms with E-state index in [1.807, 2.05) is 6.92 Å².